The van der Waals surface area contributed by atoms with Crippen LogP contribution in [0.15, 0.2) is 53.7 Å². The third-order valence-electron chi connectivity index (χ3n) is 5.20. The molecule has 7 heteroatoms. The molecule has 1 amide bonds. The quantitative estimate of drug-likeness (QED) is 0.508. The molecule has 2 aromatic carbocycles. The number of benzene rings is 2. The van der Waals surface area contributed by atoms with E-state index in [1.54, 1.807) is 7.11 Å². The fourth-order valence-corrected chi connectivity index (χ4v) is 4.00. The summed E-state index contributed by atoms with van der Waals surface area (Å²) in [4.78, 5) is 12.9. The van der Waals surface area contributed by atoms with Gasteiger partial charge in [-0.15, -0.1) is 10.2 Å². The van der Waals surface area contributed by atoms with Crippen molar-refractivity contribution in [3.63, 3.8) is 0 Å². The Morgan fingerprint density at radius 1 is 1.13 bits per heavy atom. The first-order chi connectivity index (χ1) is 14.5. The van der Waals surface area contributed by atoms with Crippen molar-refractivity contribution in [1.82, 2.24) is 14.8 Å². The normalized spacial score (nSPS) is 13.0. The van der Waals surface area contributed by atoms with E-state index in [4.69, 9.17) is 4.74 Å². The molecule has 0 saturated carbocycles. The average molecular weight is 425 g/mol. The molecule has 0 aliphatic heterocycles. The van der Waals surface area contributed by atoms with Gasteiger partial charge < -0.3 is 14.6 Å². The van der Waals surface area contributed by atoms with Crippen LogP contribution in [0, 0.1) is 0 Å². The Kier molecular flexibility index (Phi) is 7.15. The highest BCUT2D eigenvalue weighted by molar-refractivity contribution is 8.00. The fourth-order valence-electron chi connectivity index (χ4n) is 3.19. The van der Waals surface area contributed by atoms with Gasteiger partial charge >= 0.3 is 0 Å². The molecule has 6 nitrogen and oxygen atoms in total. The summed E-state index contributed by atoms with van der Waals surface area (Å²) in [6, 6.07) is 15.7. The van der Waals surface area contributed by atoms with E-state index in [1.165, 1.54) is 11.8 Å². The zero-order valence-electron chi connectivity index (χ0n) is 18.0. The third-order valence-corrected chi connectivity index (χ3v) is 6.33. The number of para-hydroxylation sites is 2. The molecule has 0 spiro atoms. The number of carbonyl (C=O) groups excluding carboxylic acids is 1. The monoisotopic (exact) mass is 424 g/mol. The minimum absolute atomic E-state index is 0.0578. The highest BCUT2D eigenvalue weighted by Gasteiger charge is 2.21. The molecule has 158 valence electrons. The second kappa shape index (κ2) is 9.80. The van der Waals surface area contributed by atoms with Gasteiger partial charge in [-0.25, -0.2) is 0 Å². The van der Waals surface area contributed by atoms with Crippen molar-refractivity contribution in [2.24, 2.45) is 7.05 Å². The molecule has 0 radical (unpaired) electrons. The molecule has 0 unspecified atom stereocenters. The Bertz CT molecular complexity index is 1020. The molecule has 0 bridgehead atoms. The summed E-state index contributed by atoms with van der Waals surface area (Å²) >= 11 is 1.38. The molecule has 1 heterocycles. The van der Waals surface area contributed by atoms with Crippen molar-refractivity contribution in [2.75, 3.05) is 12.4 Å². The zero-order valence-corrected chi connectivity index (χ0v) is 18.9. The van der Waals surface area contributed by atoms with Crippen LogP contribution in [0.25, 0.3) is 11.4 Å². The van der Waals surface area contributed by atoms with Gasteiger partial charge in [0.2, 0.25) is 5.91 Å². The molecule has 3 aromatic rings. The summed E-state index contributed by atoms with van der Waals surface area (Å²) in [5.41, 5.74) is 2.89. The average Bonchev–Trinajstić information content (AvgIpc) is 3.13. The van der Waals surface area contributed by atoms with Gasteiger partial charge in [-0.2, -0.15) is 0 Å². The van der Waals surface area contributed by atoms with E-state index in [-0.39, 0.29) is 11.2 Å². The van der Waals surface area contributed by atoms with E-state index in [9.17, 15) is 4.79 Å². The van der Waals surface area contributed by atoms with Crippen molar-refractivity contribution < 1.29 is 9.53 Å². The Morgan fingerprint density at radius 2 is 1.83 bits per heavy atom. The lowest BCUT2D eigenvalue weighted by atomic mass is 9.97. The zero-order chi connectivity index (χ0) is 21.7. The molecule has 0 fully saturated rings. The maximum atomic E-state index is 12.9. The largest absolute Gasteiger partial charge is 0.496 e. The second-order valence-corrected chi connectivity index (χ2v) is 8.52. The van der Waals surface area contributed by atoms with E-state index in [0.29, 0.717) is 16.9 Å². The van der Waals surface area contributed by atoms with Crippen LogP contribution in [0.4, 0.5) is 5.69 Å². The van der Waals surface area contributed by atoms with Gasteiger partial charge in [0.05, 0.1) is 17.9 Å². The predicted octanol–water partition coefficient (Wildman–Crippen LogP) is 5.12. The first-order valence-electron chi connectivity index (χ1n) is 10.1. The summed E-state index contributed by atoms with van der Waals surface area (Å²) in [6.07, 6.45) is 1.02. The number of hydrogen-bond acceptors (Lipinski definition) is 5. The molecule has 0 aliphatic rings. The van der Waals surface area contributed by atoms with E-state index < -0.39 is 0 Å². The minimum Gasteiger partial charge on any atom is -0.496 e. The Hall–Kier alpha value is -2.80. The number of nitrogens with one attached hydrogen (secondary N) is 1. The van der Waals surface area contributed by atoms with Gasteiger partial charge in [0.1, 0.15) is 5.75 Å². The fraction of sp³-hybridized carbons (Fsp3) is 0.348. The number of thioether (sulfide) groups is 1. The van der Waals surface area contributed by atoms with Crippen molar-refractivity contribution in [3.05, 3.63) is 54.1 Å². The van der Waals surface area contributed by atoms with E-state index in [0.717, 1.165) is 29.0 Å². The Labute approximate surface area is 182 Å². The van der Waals surface area contributed by atoms with E-state index in [2.05, 4.69) is 35.4 Å². The van der Waals surface area contributed by atoms with Crippen molar-refractivity contribution in [1.29, 1.82) is 0 Å². The molecule has 3 rings (SSSR count). The van der Waals surface area contributed by atoms with Crippen LogP contribution < -0.4 is 10.1 Å². The van der Waals surface area contributed by atoms with Crippen LogP contribution in [0.5, 0.6) is 5.75 Å². The molecule has 1 N–H and O–H groups in total. The standard InChI is InChI=1S/C23H28N4O2S/c1-6-15(2)17-11-7-9-13-19(17)24-22(28)16(3)30-23-26-25-21(27(23)4)18-12-8-10-14-20(18)29-5/h7-16H,6H2,1-5H3,(H,24,28)/t15-,16+/m1/s1. The molecule has 30 heavy (non-hydrogen) atoms. The number of anilines is 1. The van der Waals surface area contributed by atoms with E-state index >= 15 is 0 Å². The van der Waals surface area contributed by atoms with Crippen LogP contribution >= 0.6 is 11.8 Å². The summed E-state index contributed by atoms with van der Waals surface area (Å²) in [6.45, 7) is 6.19. The van der Waals surface area contributed by atoms with E-state index in [1.807, 2.05) is 61.0 Å². The van der Waals surface area contributed by atoms with Gasteiger partial charge in [0.25, 0.3) is 0 Å². The van der Waals surface area contributed by atoms with Crippen molar-refractivity contribution in [2.45, 2.75) is 43.5 Å². The molecule has 0 aliphatic carbocycles. The number of ether oxygens (including phenoxy) is 1. The molecular formula is C23H28N4O2S. The highest BCUT2D eigenvalue weighted by Crippen LogP contribution is 2.32. The molecule has 1 aromatic heterocycles. The van der Waals surface area contributed by atoms with Gasteiger partial charge in [-0.3, -0.25) is 4.79 Å². The van der Waals surface area contributed by atoms with Gasteiger partial charge in [-0.1, -0.05) is 55.9 Å². The minimum atomic E-state index is -0.330. The van der Waals surface area contributed by atoms with Crippen molar-refractivity contribution >= 4 is 23.4 Å². The predicted molar refractivity (Wildman–Crippen MR) is 122 cm³/mol. The lowest BCUT2D eigenvalue weighted by Gasteiger charge is -2.17. The summed E-state index contributed by atoms with van der Waals surface area (Å²) in [7, 11) is 3.53. The van der Waals surface area contributed by atoms with Crippen LogP contribution in [0.1, 0.15) is 38.7 Å². The number of carbonyl (C=O) groups is 1. The maximum Gasteiger partial charge on any atom is 0.237 e. The number of amides is 1. The van der Waals surface area contributed by atoms with Gasteiger partial charge in [0, 0.05) is 12.7 Å². The summed E-state index contributed by atoms with van der Waals surface area (Å²) in [5, 5.41) is 12.0. The van der Waals surface area contributed by atoms with Crippen LogP contribution in [0.3, 0.4) is 0 Å². The van der Waals surface area contributed by atoms with Crippen LogP contribution in [-0.2, 0) is 11.8 Å². The number of hydrogen-bond donors (Lipinski definition) is 1. The molecule has 2 atom stereocenters. The lowest BCUT2D eigenvalue weighted by molar-refractivity contribution is -0.115. The third kappa shape index (κ3) is 4.67. The topological polar surface area (TPSA) is 69.0 Å². The lowest BCUT2D eigenvalue weighted by Crippen LogP contribution is -2.23. The number of nitrogens with zero attached hydrogens (tertiary/aromatic N) is 3. The highest BCUT2D eigenvalue weighted by atomic mass is 32.2. The van der Waals surface area contributed by atoms with Crippen LogP contribution in [0.2, 0.25) is 0 Å². The second-order valence-electron chi connectivity index (χ2n) is 7.21. The van der Waals surface area contributed by atoms with Gasteiger partial charge in [0.15, 0.2) is 11.0 Å². The number of rotatable bonds is 8. The van der Waals surface area contributed by atoms with Gasteiger partial charge in [-0.05, 0) is 43.0 Å². The molecule has 0 saturated heterocycles. The SMILES string of the molecule is CC[C@@H](C)c1ccccc1NC(=O)[C@H](C)Sc1nnc(-c2ccccc2OC)n1C. The Morgan fingerprint density at radius 3 is 2.57 bits per heavy atom. The number of aromatic nitrogens is 3. The maximum absolute atomic E-state index is 12.9. The van der Waals surface area contributed by atoms with Crippen molar-refractivity contribution in [3.8, 4) is 17.1 Å². The summed E-state index contributed by atoms with van der Waals surface area (Å²) in [5.74, 6) is 1.76. The number of methoxy groups -OCH3 is 1. The Balaban J connectivity index is 1.75. The molecular weight excluding hydrogens is 396 g/mol. The van der Waals surface area contributed by atoms with Crippen LogP contribution in [-0.4, -0.2) is 33.0 Å². The first-order valence-corrected chi connectivity index (χ1v) is 10.9. The summed E-state index contributed by atoms with van der Waals surface area (Å²) < 4.78 is 7.33. The smallest absolute Gasteiger partial charge is 0.237 e. The first kappa shape index (κ1) is 21.9.